The van der Waals surface area contributed by atoms with E-state index in [0.29, 0.717) is 17.6 Å². The van der Waals surface area contributed by atoms with Crippen LogP contribution in [0.15, 0.2) is 0 Å². The van der Waals surface area contributed by atoms with Crippen molar-refractivity contribution in [3.8, 4) is 0 Å². The third-order valence-corrected chi connectivity index (χ3v) is 2.52. The maximum Gasteiger partial charge on any atom is 0.0556 e. The van der Waals surface area contributed by atoms with Gasteiger partial charge in [0.1, 0.15) is 0 Å². The van der Waals surface area contributed by atoms with Crippen molar-refractivity contribution in [1.29, 1.82) is 0 Å². The third-order valence-electron chi connectivity index (χ3n) is 2.52. The molecule has 1 aliphatic heterocycles. The SMILES string of the molecule is C[C@@H]1CC(C)(CN)C[C@H](C)O1. The van der Waals surface area contributed by atoms with E-state index in [1.54, 1.807) is 0 Å². The summed E-state index contributed by atoms with van der Waals surface area (Å²) in [6, 6.07) is 0. The van der Waals surface area contributed by atoms with Crippen LogP contribution in [0.1, 0.15) is 33.6 Å². The number of rotatable bonds is 1. The minimum atomic E-state index is 0.317. The van der Waals surface area contributed by atoms with Crippen LogP contribution in [-0.4, -0.2) is 18.8 Å². The quantitative estimate of drug-likeness (QED) is 0.626. The second-order valence-corrected chi connectivity index (χ2v) is 4.18. The molecule has 1 fully saturated rings. The Bertz CT molecular complexity index is 126. The zero-order valence-electron chi connectivity index (χ0n) is 7.76. The highest BCUT2D eigenvalue weighted by Gasteiger charge is 2.33. The minimum Gasteiger partial charge on any atom is -0.376 e. The van der Waals surface area contributed by atoms with E-state index in [2.05, 4.69) is 20.8 Å². The molecule has 0 spiro atoms. The normalized spacial score (nSPS) is 45.8. The van der Waals surface area contributed by atoms with Crippen LogP contribution >= 0.6 is 0 Å². The van der Waals surface area contributed by atoms with E-state index in [1.165, 1.54) is 0 Å². The lowest BCUT2D eigenvalue weighted by Crippen LogP contribution is -2.40. The van der Waals surface area contributed by atoms with Gasteiger partial charge in [-0.3, -0.25) is 0 Å². The third kappa shape index (κ3) is 2.17. The summed E-state index contributed by atoms with van der Waals surface area (Å²) in [5.74, 6) is 0. The highest BCUT2D eigenvalue weighted by Crippen LogP contribution is 2.34. The zero-order chi connectivity index (χ0) is 8.48. The molecule has 0 aromatic rings. The molecule has 1 rings (SSSR count). The summed E-state index contributed by atoms with van der Waals surface area (Å²) in [7, 11) is 0. The van der Waals surface area contributed by atoms with Crippen molar-refractivity contribution in [2.75, 3.05) is 6.54 Å². The summed E-state index contributed by atoms with van der Waals surface area (Å²) >= 11 is 0. The monoisotopic (exact) mass is 157 g/mol. The Hall–Kier alpha value is -0.0800. The van der Waals surface area contributed by atoms with E-state index in [1.807, 2.05) is 0 Å². The fraction of sp³-hybridized carbons (Fsp3) is 1.00. The molecular formula is C9H19NO. The Balaban J connectivity index is 2.55. The zero-order valence-corrected chi connectivity index (χ0v) is 7.76. The van der Waals surface area contributed by atoms with Gasteiger partial charge < -0.3 is 10.5 Å². The van der Waals surface area contributed by atoms with E-state index in [0.717, 1.165) is 19.4 Å². The van der Waals surface area contributed by atoms with Gasteiger partial charge in [0.15, 0.2) is 0 Å². The second-order valence-electron chi connectivity index (χ2n) is 4.18. The molecule has 0 aromatic carbocycles. The molecular weight excluding hydrogens is 138 g/mol. The Labute approximate surface area is 69.1 Å². The van der Waals surface area contributed by atoms with Gasteiger partial charge in [0.05, 0.1) is 12.2 Å². The largest absolute Gasteiger partial charge is 0.376 e. The van der Waals surface area contributed by atoms with Crippen LogP contribution in [0.2, 0.25) is 0 Å². The minimum absolute atomic E-state index is 0.317. The van der Waals surface area contributed by atoms with Crippen molar-refractivity contribution in [3.63, 3.8) is 0 Å². The fourth-order valence-electron chi connectivity index (χ4n) is 2.13. The van der Waals surface area contributed by atoms with Gasteiger partial charge in [-0.1, -0.05) is 6.92 Å². The molecule has 0 aliphatic carbocycles. The van der Waals surface area contributed by atoms with Gasteiger partial charge in [-0.2, -0.15) is 0 Å². The first-order valence-corrected chi connectivity index (χ1v) is 4.41. The van der Waals surface area contributed by atoms with Crippen LogP contribution < -0.4 is 5.73 Å². The summed E-state index contributed by atoms with van der Waals surface area (Å²) < 4.78 is 5.63. The summed E-state index contributed by atoms with van der Waals surface area (Å²) in [6.45, 7) is 7.29. The van der Waals surface area contributed by atoms with Gasteiger partial charge in [-0.15, -0.1) is 0 Å². The van der Waals surface area contributed by atoms with Crippen LogP contribution in [-0.2, 0) is 4.74 Å². The van der Waals surface area contributed by atoms with Gasteiger partial charge in [-0.25, -0.2) is 0 Å². The Morgan fingerprint density at radius 2 is 1.82 bits per heavy atom. The molecule has 0 aromatic heterocycles. The number of hydrogen-bond acceptors (Lipinski definition) is 2. The topological polar surface area (TPSA) is 35.2 Å². The molecule has 0 bridgehead atoms. The molecule has 0 radical (unpaired) electrons. The fourth-order valence-corrected chi connectivity index (χ4v) is 2.13. The predicted octanol–water partition coefficient (Wildman–Crippen LogP) is 1.54. The molecule has 1 unspecified atom stereocenters. The van der Waals surface area contributed by atoms with Gasteiger partial charge in [0, 0.05) is 0 Å². The van der Waals surface area contributed by atoms with Crippen molar-refractivity contribution in [3.05, 3.63) is 0 Å². The molecule has 1 heterocycles. The van der Waals surface area contributed by atoms with E-state index in [9.17, 15) is 0 Å². The van der Waals surface area contributed by atoms with Crippen LogP contribution in [0.3, 0.4) is 0 Å². The molecule has 0 saturated carbocycles. The Kier molecular flexibility index (Phi) is 2.55. The van der Waals surface area contributed by atoms with Crippen LogP contribution in [0, 0.1) is 5.41 Å². The summed E-state index contributed by atoms with van der Waals surface area (Å²) in [5.41, 5.74) is 6.02. The number of nitrogens with two attached hydrogens (primary N) is 1. The van der Waals surface area contributed by atoms with E-state index < -0.39 is 0 Å². The van der Waals surface area contributed by atoms with E-state index in [-0.39, 0.29) is 0 Å². The van der Waals surface area contributed by atoms with Gasteiger partial charge >= 0.3 is 0 Å². The molecule has 66 valence electrons. The Morgan fingerprint density at radius 1 is 1.36 bits per heavy atom. The van der Waals surface area contributed by atoms with Crippen LogP contribution in [0.4, 0.5) is 0 Å². The molecule has 2 heteroatoms. The molecule has 3 atom stereocenters. The predicted molar refractivity (Wildman–Crippen MR) is 46.4 cm³/mol. The second kappa shape index (κ2) is 3.11. The first kappa shape index (κ1) is 9.01. The first-order chi connectivity index (χ1) is 5.06. The smallest absolute Gasteiger partial charge is 0.0556 e. The Morgan fingerprint density at radius 3 is 2.18 bits per heavy atom. The average Bonchev–Trinajstić information content (AvgIpc) is 1.84. The van der Waals surface area contributed by atoms with Crippen molar-refractivity contribution < 1.29 is 4.74 Å². The number of hydrogen-bond donors (Lipinski definition) is 1. The van der Waals surface area contributed by atoms with Crippen molar-refractivity contribution >= 4 is 0 Å². The van der Waals surface area contributed by atoms with Gasteiger partial charge in [-0.05, 0) is 38.6 Å². The first-order valence-electron chi connectivity index (χ1n) is 4.41. The van der Waals surface area contributed by atoms with Crippen LogP contribution in [0.25, 0.3) is 0 Å². The maximum absolute atomic E-state index is 5.71. The van der Waals surface area contributed by atoms with Gasteiger partial charge in [0.2, 0.25) is 0 Å². The lowest BCUT2D eigenvalue weighted by Gasteiger charge is -2.39. The standard InChI is InChI=1S/C9H19NO/c1-7-4-9(3,6-10)5-8(2)11-7/h7-8H,4-6,10H2,1-3H3/t7-,8+,9?. The number of ether oxygens (including phenoxy) is 1. The van der Waals surface area contributed by atoms with Gasteiger partial charge in [0.25, 0.3) is 0 Å². The van der Waals surface area contributed by atoms with Crippen molar-refractivity contribution in [1.82, 2.24) is 0 Å². The average molecular weight is 157 g/mol. The molecule has 2 N–H and O–H groups in total. The molecule has 1 saturated heterocycles. The molecule has 1 aliphatic rings. The molecule has 2 nitrogen and oxygen atoms in total. The van der Waals surface area contributed by atoms with Crippen molar-refractivity contribution in [2.45, 2.75) is 45.8 Å². The highest BCUT2D eigenvalue weighted by atomic mass is 16.5. The van der Waals surface area contributed by atoms with E-state index >= 15 is 0 Å². The van der Waals surface area contributed by atoms with Crippen molar-refractivity contribution in [2.24, 2.45) is 11.1 Å². The molecule has 0 amide bonds. The lowest BCUT2D eigenvalue weighted by molar-refractivity contribution is -0.0787. The summed E-state index contributed by atoms with van der Waals surface area (Å²) in [5, 5.41) is 0. The highest BCUT2D eigenvalue weighted by molar-refractivity contribution is 4.84. The van der Waals surface area contributed by atoms with Crippen LogP contribution in [0.5, 0.6) is 0 Å². The lowest BCUT2D eigenvalue weighted by atomic mass is 9.78. The molecule has 11 heavy (non-hydrogen) atoms. The maximum atomic E-state index is 5.71. The van der Waals surface area contributed by atoms with E-state index in [4.69, 9.17) is 10.5 Å². The summed E-state index contributed by atoms with van der Waals surface area (Å²) in [6.07, 6.45) is 2.97. The summed E-state index contributed by atoms with van der Waals surface area (Å²) in [4.78, 5) is 0.